The fourth-order valence-corrected chi connectivity index (χ4v) is 3.02. The van der Waals surface area contributed by atoms with Crippen molar-refractivity contribution >= 4 is 17.6 Å². The summed E-state index contributed by atoms with van der Waals surface area (Å²) in [5, 5.41) is 0.440. The summed E-state index contributed by atoms with van der Waals surface area (Å²) in [6.45, 7) is 2.01. The third-order valence-electron chi connectivity index (χ3n) is 4.27. The van der Waals surface area contributed by atoms with Crippen LogP contribution in [0.2, 0.25) is 5.02 Å². The van der Waals surface area contributed by atoms with Gasteiger partial charge in [-0.1, -0.05) is 23.7 Å². The molecular weight excluding hydrogens is 395 g/mol. The molecule has 1 aromatic carbocycles. The molecule has 154 valence electrons. The molecule has 1 aliphatic rings. The predicted molar refractivity (Wildman–Crippen MR) is 101 cm³/mol. The second-order valence-corrected chi connectivity index (χ2v) is 6.87. The topological polar surface area (TPSA) is 61.5 Å². The maximum Gasteiger partial charge on any atom is 0.395 e. The van der Waals surface area contributed by atoms with Crippen LogP contribution >= 0.6 is 11.6 Å². The molecule has 0 bridgehead atoms. The minimum Gasteiger partial charge on any atom is -0.465 e. The first-order chi connectivity index (χ1) is 13.2. The summed E-state index contributed by atoms with van der Waals surface area (Å²) in [6, 6.07) is 4.29. The van der Waals surface area contributed by atoms with Gasteiger partial charge >= 0.3 is 12.1 Å². The second-order valence-electron chi connectivity index (χ2n) is 6.46. The largest absolute Gasteiger partial charge is 0.465 e. The van der Waals surface area contributed by atoms with Crippen molar-refractivity contribution in [3.05, 3.63) is 52.8 Å². The van der Waals surface area contributed by atoms with E-state index in [1.54, 1.807) is 25.1 Å². The quantitative estimate of drug-likeness (QED) is 0.607. The maximum atomic E-state index is 12.8. The van der Waals surface area contributed by atoms with E-state index in [4.69, 9.17) is 26.8 Å². The summed E-state index contributed by atoms with van der Waals surface area (Å²) in [4.78, 5) is 11.5. The minimum atomic E-state index is -4.30. The average Bonchev–Trinajstić information content (AvgIpc) is 2.63. The van der Waals surface area contributed by atoms with Gasteiger partial charge in [-0.3, -0.25) is 4.79 Å². The number of rotatable bonds is 8. The Morgan fingerprint density at radius 2 is 2.14 bits per heavy atom. The third kappa shape index (κ3) is 6.56. The van der Waals surface area contributed by atoms with Gasteiger partial charge in [-0.25, -0.2) is 0 Å². The Morgan fingerprint density at radius 1 is 1.39 bits per heavy atom. The molecular formula is C20H23ClF3NO3. The average molecular weight is 418 g/mol. The number of aryl methyl sites for hydroxylation is 1. The van der Waals surface area contributed by atoms with Crippen LogP contribution in [0.15, 0.2) is 42.2 Å². The van der Waals surface area contributed by atoms with E-state index in [9.17, 15) is 18.0 Å². The predicted octanol–water partition coefficient (Wildman–Crippen LogP) is 4.95. The molecule has 1 aromatic rings. The lowest BCUT2D eigenvalue weighted by molar-refractivity contribution is -0.160. The van der Waals surface area contributed by atoms with Crippen LogP contribution in [-0.2, 0) is 16.0 Å². The summed E-state index contributed by atoms with van der Waals surface area (Å²) < 4.78 is 48.9. The van der Waals surface area contributed by atoms with Crippen molar-refractivity contribution in [1.82, 2.24) is 0 Å². The number of allylic oxidation sites excluding steroid dienone is 3. The van der Waals surface area contributed by atoms with Gasteiger partial charge in [0.05, 0.1) is 12.5 Å². The Bertz CT molecular complexity index is 747. The summed E-state index contributed by atoms with van der Waals surface area (Å²) in [5.74, 6) is -1.48. The van der Waals surface area contributed by atoms with Crippen LogP contribution in [-0.4, -0.2) is 24.8 Å². The molecule has 2 rings (SSSR count). The second kappa shape index (κ2) is 9.98. The molecule has 0 aliphatic heterocycles. The molecule has 4 nitrogen and oxygen atoms in total. The fraction of sp³-hybridized carbons (Fsp3) is 0.450. The monoisotopic (exact) mass is 417 g/mol. The lowest BCUT2D eigenvalue weighted by Gasteiger charge is -2.20. The number of esters is 1. The smallest absolute Gasteiger partial charge is 0.395 e. The van der Waals surface area contributed by atoms with Crippen LogP contribution in [0, 0.1) is 5.92 Å². The maximum absolute atomic E-state index is 12.8. The normalized spacial score (nSPS) is 17.8. The number of hydrogen-bond acceptors (Lipinski definition) is 4. The molecule has 8 heteroatoms. The molecule has 1 aliphatic carbocycles. The highest BCUT2D eigenvalue weighted by molar-refractivity contribution is 6.31. The molecule has 0 aromatic heterocycles. The zero-order valence-electron chi connectivity index (χ0n) is 15.5. The number of halogens is 4. The molecule has 2 unspecified atom stereocenters. The van der Waals surface area contributed by atoms with Crippen LogP contribution < -0.4 is 10.5 Å². The summed E-state index contributed by atoms with van der Waals surface area (Å²) in [6.07, 6.45) is 1.33. The molecule has 28 heavy (non-hydrogen) atoms. The molecule has 0 saturated carbocycles. The van der Waals surface area contributed by atoms with E-state index in [1.165, 1.54) is 12.2 Å². The van der Waals surface area contributed by atoms with Crippen molar-refractivity contribution in [2.45, 2.75) is 44.8 Å². The van der Waals surface area contributed by atoms with E-state index in [-0.39, 0.29) is 18.8 Å². The van der Waals surface area contributed by atoms with Gasteiger partial charge < -0.3 is 15.2 Å². The van der Waals surface area contributed by atoms with E-state index < -0.39 is 24.1 Å². The molecule has 0 heterocycles. The number of nitrogens with two attached hydrogens (primary N) is 1. The molecule has 0 amide bonds. The van der Waals surface area contributed by atoms with Crippen molar-refractivity contribution in [3.63, 3.8) is 0 Å². The summed E-state index contributed by atoms with van der Waals surface area (Å²) in [5.41, 5.74) is 6.59. The Morgan fingerprint density at radius 3 is 2.79 bits per heavy atom. The van der Waals surface area contributed by atoms with Gasteiger partial charge in [0.2, 0.25) is 0 Å². The zero-order valence-corrected chi connectivity index (χ0v) is 16.2. The van der Waals surface area contributed by atoms with Gasteiger partial charge in [-0.2, -0.15) is 13.2 Å². The van der Waals surface area contributed by atoms with Crippen molar-refractivity contribution < 1.29 is 27.4 Å². The van der Waals surface area contributed by atoms with E-state index in [0.29, 0.717) is 30.0 Å². The highest BCUT2D eigenvalue weighted by Crippen LogP contribution is 2.34. The Kier molecular flexibility index (Phi) is 7.95. The van der Waals surface area contributed by atoms with E-state index in [0.717, 1.165) is 11.6 Å². The van der Waals surface area contributed by atoms with E-state index in [2.05, 4.69) is 0 Å². The number of alkyl halides is 3. The molecule has 0 fully saturated rings. The summed E-state index contributed by atoms with van der Waals surface area (Å²) in [7, 11) is 0. The Labute approximate surface area is 167 Å². The van der Waals surface area contributed by atoms with Gasteiger partial charge in [-0.15, -0.1) is 0 Å². The lowest BCUT2D eigenvalue weighted by atomic mass is 9.99. The first kappa shape index (κ1) is 22.3. The third-order valence-corrected chi connectivity index (χ3v) is 4.62. The number of hydrogen-bond donors (Lipinski definition) is 1. The SMILES string of the molecule is CCOC(=O)C(N)CCCc1ccc(OC2=CC(C(F)(F)F)CC=C2)cc1Cl. The number of ether oxygens (including phenoxy) is 2. The van der Waals surface area contributed by atoms with Gasteiger partial charge in [0.25, 0.3) is 0 Å². The van der Waals surface area contributed by atoms with Gasteiger partial charge in [0.15, 0.2) is 0 Å². The van der Waals surface area contributed by atoms with E-state index >= 15 is 0 Å². The standard InChI is InChI=1S/C20H23ClF3NO3/c1-2-27-19(26)18(25)8-3-5-13-9-10-16(12-17(13)21)28-15-7-4-6-14(11-15)20(22,23)24/h4,7,9-12,14,18H,2-3,5-6,8,25H2,1H3. The highest BCUT2D eigenvalue weighted by atomic mass is 35.5. The number of benzene rings is 1. The molecule has 0 spiro atoms. The molecule has 2 N–H and O–H groups in total. The zero-order chi connectivity index (χ0) is 20.7. The lowest BCUT2D eigenvalue weighted by Crippen LogP contribution is -2.32. The van der Waals surface area contributed by atoms with Crippen molar-refractivity contribution in [3.8, 4) is 5.75 Å². The minimum absolute atomic E-state index is 0.0933. The number of carbonyl (C=O) groups excluding carboxylic acids is 1. The van der Waals surface area contributed by atoms with Crippen molar-refractivity contribution in [1.29, 1.82) is 0 Å². The first-order valence-corrected chi connectivity index (χ1v) is 9.42. The molecule has 0 saturated heterocycles. The van der Waals surface area contributed by atoms with Crippen LogP contribution in [0.5, 0.6) is 5.75 Å². The highest BCUT2D eigenvalue weighted by Gasteiger charge is 2.38. The van der Waals surface area contributed by atoms with Crippen LogP contribution in [0.25, 0.3) is 0 Å². The van der Waals surface area contributed by atoms with Crippen LogP contribution in [0.1, 0.15) is 31.7 Å². The fourth-order valence-electron chi connectivity index (χ4n) is 2.76. The Hall–Kier alpha value is -1.99. The number of carbonyl (C=O) groups is 1. The van der Waals surface area contributed by atoms with Crippen molar-refractivity contribution in [2.75, 3.05) is 6.61 Å². The molecule has 0 radical (unpaired) electrons. The van der Waals surface area contributed by atoms with Gasteiger partial charge in [0, 0.05) is 5.02 Å². The summed E-state index contributed by atoms with van der Waals surface area (Å²) >= 11 is 6.26. The first-order valence-electron chi connectivity index (χ1n) is 9.04. The van der Waals surface area contributed by atoms with Gasteiger partial charge in [0.1, 0.15) is 17.6 Å². The Balaban J connectivity index is 1.92. The van der Waals surface area contributed by atoms with Crippen LogP contribution in [0.4, 0.5) is 13.2 Å². The van der Waals surface area contributed by atoms with Crippen molar-refractivity contribution in [2.24, 2.45) is 11.7 Å². The van der Waals surface area contributed by atoms with Gasteiger partial charge in [-0.05, 0) is 62.5 Å². The molecule has 2 atom stereocenters. The van der Waals surface area contributed by atoms with Crippen LogP contribution in [0.3, 0.4) is 0 Å². The van der Waals surface area contributed by atoms with E-state index in [1.807, 2.05) is 0 Å².